The summed E-state index contributed by atoms with van der Waals surface area (Å²) in [6.45, 7) is 13.5. The Hall–Kier alpha value is -3.27. The van der Waals surface area contributed by atoms with Gasteiger partial charge in [0.15, 0.2) is 0 Å². The van der Waals surface area contributed by atoms with Crippen molar-refractivity contribution in [1.82, 2.24) is 19.9 Å². The van der Waals surface area contributed by atoms with E-state index in [0.29, 0.717) is 12.4 Å². The molecule has 1 unspecified atom stereocenters. The van der Waals surface area contributed by atoms with Gasteiger partial charge in [-0.25, -0.2) is 9.89 Å². The lowest BCUT2D eigenvalue weighted by Crippen LogP contribution is -2.32. The molecule has 128 valence electrons. The first-order valence-corrected chi connectivity index (χ1v) is 8.05. The number of carbonyl (C=O) groups is 1. The molecule has 0 radical (unpaired) electrons. The topological polar surface area (TPSA) is 78.6 Å². The van der Waals surface area contributed by atoms with Crippen molar-refractivity contribution in [2.24, 2.45) is 0 Å². The minimum Gasteiger partial charge on any atom is -0.362 e. The van der Waals surface area contributed by atoms with E-state index in [1.165, 1.54) is 0 Å². The average Bonchev–Trinajstić information content (AvgIpc) is 3.11. The number of rotatable bonds is 4. The van der Waals surface area contributed by atoms with Gasteiger partial charge in [-0.05, 0) is 31.0 Å². The molecule has 1 aromatic carbocycles. The van der Waals surface area contributed by atoms with Crippen molar-refractivity contribution in [2.75, 3.05) is 11.9 Å². The van der Waals surface area contributed by atoms with Crippen LogP contribution in [-0.2, 0) is 0 Å². The molecule has 2 heterocycles. The molecular formula is C18H20N6O. The van der Waals surface area contributed by atoms with Gasteiger partial charge in [0.25, 0.3) is 5.82 Å². The van der Waals surface area contributed by atoms with Gasteiger partial charge in [0.2, 0.25) is 5.65 Å². The third-order valence-electron chi connectivity index (χ3n) is 4.14. The first kappa shape index (κ1) is 16.6. The lowest BCUT2D eigenvalue weighted by atomic mass is 10.1. The molecule has 0 aliphatic heterocycles. The van der Waals surface area contributed by atoms with E-state index in [1.54, 1.807) is 4.52 Å². The number of urea groups is 1. The number of fused-ring (bicyclic) bond motifs is 1. The number of nitrogens with zero attached hydrogens (tertiary/aromatic N) is 3. The molecule has 2 aromatic heterocycles. The van der Waals surface area contributed by atoms with Crippen LogP contribution in [0, 0.1) is 20.4 Å². The number of carbonyl (C=O) groups excluding carboxylic acids is 1. The number of H-pyrrole nitrogens is 1. The van der Waals surface area contributed by atoms with Gasteiger partial charge in [-0.3, -0.25) is 0 Å². The van der Waals surface area contributed by atoms with Crippen LogP contribution in [0.1, 0.15) is 29.8 Å². The maximum Gasteiger partial charge on any atom is 0.319 e. The van der Waals surface area contributed by atoms with Gasteiger partial charge >= 0.3 is 6.03 Å². The van der Waals surface area contributed by atoms with Crippen LogP contribution in [-0.4, -0.2) is 27.2 Å². The highest BCUT2D eigenvalue weighted by Crippen LogP contribution is 2.24. The molecule has 1 atom stereocenters. The highest BCUT2D eigenvalue weighted by molar-refractivity contribution is 5.90. The molecule has 0 saturated heterocycles. The van der Waals surface area contributed by atoms with Crippen molar-refractivity contribution in [3.63, 3.8) is 0 Å². The molecule has 0 saturated carbocycles. The zero-order valence-corrected chi connectivity index (χ0v) is 14.4. The van der Waals surface area contributed by atoms with Gasteiger partial charge in [0.05, 0.1) is 0 Å². The van der Waals surface area contributed by atoms with Gasteiger partial charge in [-0.15, -0.1) is 0 Å². The third-order valence-corrected chi connectivity index (χ3v) is 4.14. The Morgan fingerprint density at radius 2 is 2.12 bits per heavy atom. The number of aromatic amines is 1. The number of hydrogen-bond acceptors (Lipinski definition) is 2. The minimum absolute atomic E-state index is 0.0126. The zero-order chi connectivity index (χ0) is 18.0. The summed E-state index contributed by atoms with van der Waals surface area (Å²) in [7, 11) is 0. The summed E-state index contributed by atoms with van der Waals surface area (Å²) >= 11 is 0. The molecule has 3 rings (SSSR count). The number of para-hydroxylation sites is 1. The molecule has 3 N–H and O–H groups in total. The summed E-state index contributed by atoms with van der Waals surface area (Å²) in [5.74, 6) is 1.25. The highest BCUT2D eigenvalue weighted by Gasteiger charge is 2.17. The summed E-state index contributed by atoms with van der Waals surface area (Å²) in [5, 5.41) is 8.83. The molecule has 0 spiro atoms. The molecule has 0 aliphatic rings. The molecule has 0 aliphatic carbocycles. The van der Waals surface area contributed by atoms with E-state index >= 15 is 0 Å². The summed E-state index contributed by atoms with van der Waals surface area (Å²) in [6.07, 6.45) is 0. The van der Waals surface area contributed by atoms with Crippen LogP contribution >= 0.6 is 0 Å². The maximum absolute atomic E-state index is 12.1. The fraction of sp³-hybridized carbons (Fsp3) is 0.278. The van der Waals surface area contributed by atoms with Crippen molar-refractivity contribution in [1.29, 1.82) is 0 Å². The zero-order valence-electron chi connectivity index (χ0n) is 14.4. The second kappa shape index (κ2) is 6.69. The van der Waals surface area contributed by atoms with Gasteiger partial charge in [0.1, 0.15) is 5.82 Å². The number of anilines is 1. The van der Waals surface area contributed by atoms with Gasteiger partial charge < -0.3 is 15.5 Å². The third kappa shape index (κ3) is 3.33. The molecule has 25 heavy (non-hydrogen) atoms. The number of benzene rings is 1. The van der Waals surface area contributed by atoms with Gasteiger partial charge in [-0.2, -0.15) is 9.50 Å². The fourth-order valence-corrected chi connectivity index (χ4v) is 2.64. The smallest absolute Gasteiger partial charge is 0.319 e. The normalized spacial score (nSPS) is 11.9. The van der Waals surface area contributed by atoms with Crippen LogP contribution in [0.5, 0.6) is 0 Å². The highest BCUT2D eigenvalue weighted by atomic mass is 16.2. The Kier molecular flexibility index (Phi) is 4.44. The number of aromatic nitrogens is 3. The van der Waals surface area contributed by atoms with Crippen molar-refractivity contribution in [2.45, 2.75) is 26.7 Å². The summed E-state index contributed by atoms with van der Waals surface area (Å²) in [6, 6.07) is 9.24. The lowest BCUT2D eigenvalue weighted by Gasteiger charge is -2.12. The molecule has 2 amide bonds. The summed E-state index contributed by atoms with van der Waals surface area (Å²) in [5.41, 5.74) is 3.41. The Morgan fingerprint density at radius 1 is 1.36 bits per heavy atom. The second-order valence-corrected chi connectivity index (χ2v) is 6.12. The van der Waals surface area contributed by atoms with E-state index in [-0.39, 0.29) is 11.9 Å². The maximum atomic E-state index is 12.1. The van der Waals surface area contributed by atoms with Gasteiger partial charge in [-0.1, -0.05) is 31.7 Å². The Labute approximate surface area is 145 Å². The number of hydrogen-bond donors (Lipinski definition) is 3. The van der Waals surface area contributed by atoms with E-state index in [1.807, 2.05) is 51.1 Å². The summed E-state index contributed by atoms with van der Waals surface area (Å²) < 4.78 is 1.68. The van der Waals surface area contributed by atoms with E-state index in [4.69, 9.17) is 6.57 Å². The second-order valence-electron chi connectivity index (χ2n) is 6.12. The van der Waals surface area contributed by atoms with Crippen molar-refractivity contribution in [3.05, 3.63) is 58.7 Å². The first-order valence-electron chi connectivity index (χ1n) is 8.05. The fourth-order valence-electron chi connectivity index (χ4n) is 2.64. The van der Waals surface area contributed by atoms with Crippen LogP contribution in [0.15, 0.2) is 30.3 Å². The molecule has 3 aromatic rings. The van der Waals surface area contributed by atoms with Crippen molar-refractivity contribution >= 4 is 23.2 Å². The number of nitrogens with one attached hydrogen (secondary N) is 3. The molecule has 0 bridgehead atoms. The largest absolute Gasteiger partial charge is 0.362 e. The van der Waals surface area contributed by atoms with E-state index in [9.17, 15) is 4.79 Å². The Balaban J connectivity index is 1.63. The van der Waals surface area contributed by atoms with Crippen LogP contribution in [0.4, 0.5) is 16.3 Å². The predicted molar refractivity (Wildman–Crippen MR) is 97.2 cm³/mol. The first-order chi connectivity index (χ1) is 12.0. The van der Waals surface area contributed by atoms with Gasteiger partial charge in [0, 0.05) is 24.2 Å². The van der Waals surface area contributed by atoms with E-state index < -0.39 is 0 Å². The number of aryl methyl sites for hydroxylation is 2. The average molecular weight is 336 g/mol. The predicted octanol–water partition coefficient (Wildman–Crippen LogP) is 3.76. The van der Waals surface area contributed by atoms with Crippen LogP contribution in [0.2, 0.25) is 0 Å². The monoisotopic (exact) mass is 336 g/mol. The Bertz CT molecular complexity index is 962. The minimum atomic E-state index is -0.253. The molecule has 7 heteroatoms. The molecule has 7 nitrogen and oxygen atoms in total. The number of amides is 2. The summed E-state index contributed by atoms with van der Waals surface area (Å²) in [4.78, 5) is 20.1. The molecular weight excluding hydrogens is 316 g/mol. The van der Waals surface area contributed by atoms with Crippen molar-refractivity contribution < 1.29 is 4.79 Å². The standard InChI is InChI=1S/C18H20N6O/c1-11-7-5-6-8-14(11)21-18(25)20-10-13(3)16-22-15-9-12(2)17(19-4)24(15)23-16/h5-9,13H,10H2,1-3H3,(H,22,23)(H2,20,21,25). The molecule has 0 fully saturated rings. The lowest BCUT2D eigenvalue weighted by molar-refractivity contribution is 0.251. The Morgan fingerprint density at radius 3 is 2.84 bits per heavy atom. The van der Waals surface area contributed by atoms with E-state index in [0.717, 1.165) is 28.3 Å². The van der Waals surface area contributed by atoms with Crippen LogP contribution < -0.4 is 10.6 Å². The van der Waals surface area contributed by atoms with Crippen molar-refractivity contribution in [3.8, 4) is 0 Å². The van der Waals surface area contributed by atoms with E-state index in [2.05, 4.69) is 25.6 Å². The van der Waals surface area contributed by atoms with Crippen LogP contribution in [0.25, 0.3) is 10.5 Å². The quantitative estimate of drug-likeness (QED) is 0.634. The SMILES string of the molecule is [C-]#[N+]c1c(C)cc2nc(C(C)CNC(=O)Nc3ccccc3C)[nH]n12. The van der Waals surface area contributed by atoms with Crippen LogP contribution in [0.3, 0.4) is 0 Å².